The van der Waals surface area contributed by atoms with E-state index in [1.165, 1.54) is 11.1 Å². The third-order valence-corrected chi connectivity index (χ3v) is 8.34. The third kappa shape index (κ3) is 4.49. The minimum absolute atomic E-state index is 0.194. The number of benzene rings is 4. The normalized spacial score (nSPS) is 11.5. The molecule has 4 aromatic rings. The average Bonchev–Trinajstić information content (AvgIpc) is 2.84. The van der Waals surface area contributed by atoms with Crippen molar-refractivity contribution in [3.63, 3.8) is 0 Å². The molecule has 0 bridgehead atoms. The lowest BCUT2D eigenvalue weighted by Crippen LogP contribution is -2.25. The average molecular weight is 429 g/mol. The molecule has 0 N–H and O–H groups in total. The molecule has 0 aromatic heterocycles. The second-order valence-electron chi connectivity index (χ2n) is 6.93. The lowest BCUT2D eigenvalue weighted by molar-refractivity contribution is 0.106. The first-order chi connectivity index (χ1) is 14.8. The Kier molecular flexibility index (Phi) is 6.96. The Morgan fingerprint density at radius 2 is 0.933 bits per heavy atom. The van der Waals surface area contributed by atoms with Crippen molar-refractivity contribution in [1.82, 2.24) is 0 Å². The van der Waals surface area contributed by atoms with Crippen molar-refractivity contribution in [3.8, 4) is 0 Å². The largest absolute Gasteiger partial charge is 0.358 e. The molecule has 1 nitrogen and oxygen atoms in total. The lowest BCUT2D eigenvalue weighted by atomic mass is 10.0. The summed E-state index contributed by atoms with van der Waals surface area (Å²) in [6.45, 7) is 0. The minimum Gasteiger partial charge on any atom is -0.358 e. The van der Waals surface area contributed by atoms with Crippen LogP contribution >= 0.6 is 21.6 Å². The van der Waals surface area contributed by atoms with Crippen LogP contribution in [0.25, 0.3) is 0 Å². The SMILES string of the molecule is COC(SSC(c1ccccc1)c1ccccc1)(c1ccccc1)c1ccccc1. The van der Waals surface area contributed by atoms with Crippen LogP contribution in [0.15, 0.2) is 121 Å². The van der Waals surface area contributed by atoms with Gasteiger partial charge in [-0.15, -0.1) is 0 Å². The molecule has 0 saturated carbocycles. The predicted octanol–water partition coefficient (Wildman–Crippen LogP) is 7.71. The summed E-state index contributed by atoms with van der Waals surface area (Å²) < 4.78 is 6.27. The van der Waals surface area contributed by atoms with E-state index in [1.807, 2.05) is 22.9 Å². The van der Waals surface area contributed by atoms with Gasteiger partial charge >= 0.3 is 0 Å². The molecule has 4 aromatic carbocycles. The van der Waals surface area contributed by atoms with Gasteiger partial charge in [0.25, 0.3) is 0 Å². The Bertz CT molecular complexity index is 942. The van der Waals surface area contributed by atoms with Gasteiger partial charge in [0.15, 0.2) is 4.93 Å². The standard InChI is InChI=1S/C27H24OS2/c1-28-27(24-18-10-4-11-19-24,25-20-12-5-13-21-25)30-29-26(22-14-6-2-7-15-22)23-16-8-3-9-17-23/h2-21,26H,1H3. The monoisotopic (exact) mass is 428 g/mol. The van der Waals surface area contributed by atoms with Gasteiger partial charge in [-0.25, -0.2) is 0 Å². The third-order valence-electron chi connectivity index (χ3n) is 5.06. The molecular weight excluding hydrogens is 404 g/mol. The van der Waals surface area contributed by atoms with E-state index in [1.54, 1.807) is 17.9 Å². The molecule has 0 unspecified atom stereocenters. The van der Waals surface area contributed by atoms with Crippen molar-refractivity contribution in [2.75, 3.05) is 7.11 Å². The van der Waals surface area contributed by atoms with Gasteiger partial charge in [-0.3, -0.25) is 0 Å². The summed E-state index contributed by atoms with van der Waals surface area (Å²) in [7, 11) is 5.41. The van der Waals surface area contributed by atoms with Crippen LogP contribution in [-0.4, -0.2) is 7.11 Å². The van der Waals surface area contributed by atoms with Crippen molar-refractivity contribution >= 4 is 21.6 Å². The quantitative estimate of drug-likeness (QED) is 0.210. The highest BCUT2D eigenvalue weighted by atomic mass is 33.1. The maximum absolute atomic E-state index is 6.27. The van der Waals surface area contributed by atoms with E-state index >= 15 is 0 Å². The Morgan fingerprint density at radius 3 is 1.30 bits per heavy atom. The highest BCUT2D eigenvalue weighted by Crippen LogP contribution is 2.55. The minimum atomic E-state index is -0.602. The summed E-state index contributed by atoms with van der Waals surface area (Å²) in [5, 5.41) is 0.194. The number of ether oxygens (including phenoxy) is 1. The zero-order chi connectivity index (χ0) is 20.7. The molecule has 0 aliphatic heterocycles. The first-order valence-corrected chi connectivity index (χ1v) is 12.2. The van der Waals surface area contributed by atoms with E-state index in [0.717, 1.165) is 11.1 Å². The van der Waals surface area contributed by atoms with Crippen LogP contribution in [-0.2, 0) is 9.67 Å². The fourth-order valence-electron chi connectivity index (χ4n) is 3.52. The van der Waals surface area contributed by atoms with Crippen LogP contribution in [0.4, 0.5) is 0 Å². The molecule has 4 rings (SSSR count). The molecular formula is C27H24OS2. The van der Waals surface area contributed by atoms with E-state index in [-0.39, 0.29) is 5.25 Å². The van der Waals surface area contributed by atoms with Gasteiger partial charge in [0.1, 0.15) is 0 Å². The number of methoxy groups -OCH3 is 1. The Balaban J connectivity index is 1.74. The Hall–Kier alpha value is -2.46. The fourth-order valence-corrected chi connectivity index (χ4v) is 6.97. The molecule has 0 fully saturated rings. The molecule has 0 aliphatic rings. The summed E-state index contributed by atoms with van der Waals surface area (Å²) in [4.78, 5) is -0.602. The summed E-state index contributed by atoms with van der Waals surface area (Å²) >= 11 is 0. The molecule has 3 heteroatoms. The molecule has 30 heavy (non-hydrogen) atoms. The molecule has 0 heterocycles. The molecule has 0 atom stereocenters. The summed E-state index contributed by atoms with van der Waals surface area (Å²) in [6, 6.07) is 42.3. The van der Waals surface area contributed by atoms with Crippen LogP contribution in [0.3, 0.4) is 0 Å². The predicted molar refractivity (Wildman–Crippen MR) is 131 cm³/mol. The zero-order valence-electron chi connectivity index (χ0n) is 16.8. The number of rotatable bonds is 8. The van der Waals surface area contributed by atoms with Gasteiger partial charge < -0.3 is 4.74 Å². The first kappa shape index (κ1) is 20.8. The summed E-state index contributed by atoms with van der Waals surface area (Å²) in [6.07, 6.45) is 0. The van der Waals surface area contributed by atoms with Crippen LogP contribution < -0.4 is 0 Å². The maximum atomic E-state index is 6.27. The van der Waals surface area contributed by atoms with Gasteiger partial charge in [-0.05, 0) is 33.0 Å². The van der Waals surface area contributed by atoms with Crippen LogP contribution in [0.5, 0.6) is 0 Å². The van der Waals surface area contributed by atoms with Crippen molar-refractivity contribution in [2.45, 2.75) is 10.2 Å². The van der Waals surface area contributed by atoms with Gasteiger partial charge in [0, 0.05) is 7.11 Å². The van der Waals surface area contributed by atoms with E-state index in [9.17, 15) is 0 Å². The molecule has 0 spiro atoms. The summed E-state index contributed by atoms with van der Waals surface area (Å²) in [5.74, 6) is 0. The van der Waals surface area contributed by atoms with Crippen LogP contribution in [0.2, 0.25) is 0 Å². The van der Waals surface area contributed by atoms with E-state index in [0.29, 0.717) is 0 Å². The number of hydrogen-bond donors (Lipinski definition) is 0. The van der Waals surface area contributed by atoms with Gasteiger partial charge in [0.05, 0.1) is 5.25 Å². The Labute approximate surface area is 186 Å². The smallest absolute Gasteiger partial charge is 0.174 e. The highest BCUT2D eigenvalue weighted by molar-refractivity contribution is 8.77. The van der Waals surface area contributed by atoms with Crippen molar-refractivity contribution < 1.29 is 4.74 Å². The van der Waals surface area contributed by atoms with Gasteiger partial charge in [-0.2, -0.15) is 0 Å². The van der Waals surface area contributed by atoms with Crippen molar-refractivity contribution in [3.05, 3.63) is 144 Å². The molecule has 0 aliphatic carbocycles. The van der Waals surface area contributed by atoms with Gasteiger partial charge in [0.2, 0.25) is 0 Å². The van der Waals surface area contributed by atoms with Crippen molar-refractivity contribution in [2.24, 2.45) is 0 Å². The fraction of sp³-hybridized carbons (Fsp3) is 0.111. The van der Waals surface area contributed by atoms with E-state index in [4.69, 9.17) is 4.74 Å². The molecule has 150 valence electrons. The zero-order valence-corrected chi connectivity index (χ0v) is 18.5. The topological polar surface area (TPSA) is 9.23 Å². The second-order valence-corrected chi connectivity index (χ2v) is 9.42. The maximum Gasteiger partial charge on any atom is 0.174 e. The lowest BCUT2D eigenvalue weighted by Gasteiger charge is -2.33. The Morgan fingerprint density at radius 1 is 0.567 bits per heavy atom. The second kappa shape index (κ2) is 10.0. The van der Waals surface area contributed by atoms with Crippen LogP contribution in [0.1, 0.15) is 27.5 Å². The van der Waals surface area contributed by atoms with Crippen molar-refractivity contribution in [1.29, 1.82) is 0 Å². The molecule has 0 radical (unpaired) electrons. The highest BCUT2D eigenvalue weighted by Gasteiger charge is 2.37. The van der Waals surface area contributed by atoms with Crippen LogP contribution in [0, 0.1) is 0 Å². The van der Waals surface area contributed by atoms with E-state index in [2.05, 4.69) is 109 Å². The summed E-state index contributed by atoms with van der Waals surface area (Å²) in [5.41, 5.74) is 4.84. The molecule has 0 saturated heterocycles. The molecule has 0 amide bonds. The first-order valence-electron chi connectivity index (χ1n) is 9.94. The van der Waals surface area contributed by atoms with Gasteiger partial charge in [-0.1, -0.05) is 132 Å². The van der Waals surface area contributed by atoms with E-state index < -0.39 is 4.93 Å². The number of hydrogen-bond acceptors (Lipinski definition) is 3.